The lowest BCUT2D eigenvalue weighted by atomic mass is 9.55. The zero-order valence-corrected chi connectivity index (χ0v) is 17.6. The van der Waals surface area contributed by atoms with Crippen LogP contribution in [0.15, 0.2) is 40.9 Å². The Morgan fingerprint density at radius 2 is 1.78 bits per heavy atom. The number of phenols is 1. The molecule has 4 rings (SSSR count). The molecule has 0 heterocycles. The van der Waals surface area contributed by atoms with Crippen LogP contribution in [-0.4, -0.2) is 79.7 Å². The standard InChI is InChI=1S/C22H24N2O8/c1-7-8-5-4-6-9(25)11(8)16(26)12-10(7)17(27)14-15(24(2)3)18(28)13(21(23)31)20(30)22(14,32)19(12)29/h4-7,10,14-15,17,25,27-29,32H,1-3H3,(H2,23,31)/t7-,10-,14-,15-,17+,22+/m1/s1. The molecule has 0 bridgehead atoms. The van der Waals surface area contributed by atoms with E-state index in [2.05, 4.69) is 0 Å². The number of aliphatic hydroxyl groups is 4. The average Bonchev–Trinajstić information content (AvgIpc) is 2.70. The molecule has 0 radical (unpaired) electrons. The van der Waals surface area contributed by atoms with Gasteiger partial charge in [0.25, 0.3) is 5.91 Å². The second-order valence-electron chi connectivity index (χ2n) is 8.79. The number of rotatable bonds is 2. The first-order valence-corrected chi connectivity index (χ1v) is 10.0. The number of aliphatic hydroxyl groups excluding tert-OH is 3. The summed E-state index contributed by atoms with van der Waals surface area (Å²) < 4.78 is 0. The Bertz CT molecular complexity index is 1140. The fourth-order valence-corrected chi connectivity index (χ4v) is 5.58. The number of likely N-dealkylation sites (N-methyl/N-ethyl adjacent to an activating group) is 1. The topological polar surface area (TPSA) is 182 Å². The second-order valence-corrected chi connectivity index (χ2v) is 8.79. The molecule has 3 aliphatic rings. The third-order valence-corrected chi connectivity index (χ3v) is 7.00. The first-order chi connectivity index (χ1) is 14.9. The molecule has 0 fully saturated rings. The number of primary amides is 1. The van der Waals surface area contributed by atoms with Crippen molar-refractivity contribution in [3.63, 3.8) is 0 Å². The zero-order chi connectivity index (χ0) is 23.9. The molecular weight excluding hydrogens is 420 g/mol. The van der Waals surface area contributed by atoms with E-state index >= 15 is 0 Å². The van der Waals surface area contributed by atoms with Gasteiger partial charge in [-0.3, -0.25) is 19.3 Å². The number of carbonyl (C=O) groups excluding carboxylic acids is 3. The van der Waals surface area contributed by atoms with Crippen LogP contribution in [0.25, 0.3) is 0 Å². The highest BCUT2D eigenvalue weighted by Crippen LogP contribution is 2.55. The maximum Gasteiger partial charge on any atom is 0.255 e. The highest BCUT2D eigenvalue weighted by atomic mass is 16.4. The number of nitrogens with two attached hydrogens (primary N) is 1. The van der Waals surface area contributed by atoms with Crippen LogP contribution in [0, 0.1) is 11.8 Å². The van der Waals surface area contributed by atoms with Gasteiger partial charge in [-0.05, 0) is 31.6 Å². The van der Waals surface area contributed by atoms with E-state index in [9.17, 15) is 39.9 Å². The van der Waals surface area contributed by atoms with E-state index in [4.69, 9.17) is 5.73 Å². The molecular formula is C22H24N2O8. The summed E-state index contributed by atoms with van der Waals surface area (Å²) in [5.41, 5.74) is 1.36. The Kier molecular flexibility index (Phi) is 4.74. The molecule has 1 aromatic rings. The molecule has 3 aliphatic carbocycles. The smallest absolute Gasteiger partial charge is 0.255 e. The van der Waals surface area contributed by atoms with Crippen molar-refractivity contribution in [2.24, 2.45) is 17.6 Å². The summed E-state index contributed by atoms with van der Waals surface area (Å²) in [6, 6.07) is 3.17. The summed E-state index contributed by atoms with van der Waals surface area (Å²) in [5.74, 6) is -8.86. The first-order valence-electron chi connectivity index (χ1n) is 10.0. The second kappa shape index (κ2) is 6.89. The first kappa shape index (κ1) is 22.0. The third-order valence-electron chi connectivity index (χ3n) is 7.00. The van der Waals surface area contributed by atoms with Gasteiger partial charge in [-0.25, -0.2) is 0 Å². The van der Waals surface area contributed by atoms with E-state index in [0.717, 1.165) is 0 Å². The Hall–Kier alpha value is -3.21. The number of Topliss-reactive ketones (excluding diaryl/α,β-unsaturated/α-hetero) is 2. The molecule has 10 nitrogen and oxygen atoms in total. The summed E-state index contributed by atoms with van der Waals surface area (Å²) in [4.78, 5) is 39.8. The largest absolute Gasteiger partial charge is 0.510 e. The van der Waals surface area contributed by atoms with Crippen molar-refractivity contribution in [1.29, 1.82) is 0 Å². The summed E-state index contributed by atoms with van der Waals surface area (Å²) >= 11 is 0. The van der Waals surface area contributed by atoms with Crippen molar-refractivity contribution in [1.82, 2.24) is 4.90 Å². The minimum Gasteiger partial charge on any atom is -0.510 e. The molecule has 32 heavy (non-hydrogen) atoms. The van der Waals surface area contributed by atoms with E-state index in [0.29, 0.717) is 5.56 Å². The van der Waals surface area contributed by atoms with Gasteiger partial charge >= 0.3 is 0 Å². The normalized spacial score (nSPS) is 34.4. The van der Waals surface area contributed by atoms with Crippen molar-refractivity contribution in [2.45, 2.75) is 30.6 Å². The number of aromatic hydroxyl groups is 1. The molecule has 1 aromatic carbocycles. The fraction of sp³-hybridized carbons (Fsp3) is 0.409. The zero-order valence-electron chi connectivity index (χ0n) is 17.6. The molecule has 0 aromatic heterocycles. The summed E-state index contributed by atoms with van der Waals surface area (Å²) in [7, 11) is 2.98. The van der Waals surface area contributed by atoms with Crippen molar-refractivity contribution in [3.05, 3.63) is 52.0 Å². The minimum absolute atomic E-state index is 0.104. The van der Waals surface area contributed by atoms with Gasteiger partial charge in [-0.1, -0.05) is 19.1 Å². The lowest BCUT2D eigenvalue weighted by molar-refractivity contribution is -0.162. The van der Waals surface area contributed by atoms with Crippen molar-refractivity contribution in [2.75, 3.05) is 14.1 Å². The molecule has 7 N–H and O–H groups in total. The number of benzene rings is 1. The fourth-order valence-electron chi connectivity index (χ4n) is 5.58. The van der Waals surface area contributed by atoms with Gasteiger partial charge in [0.2, 0.25) is 5.78 Å². The van der Waals surface area contributed by atoms with Gasteiger partial charge in [0, 0.05) is 11.5 Å². The molecule has 0 aliphatic heterocycles. The molecule has 0 unspecified atom stereocenters. The number of ketones is 2. The van der Waals surface area contributed by atoms with E-state index < -0.39 is 75.6 Å². The summed E-state index contributed by atoms with van der Waals surface area (Å²) in [6.45, 7) is 1.68. The average molecular weight is 444 g/mol. The lowest BCUT2D eigenvalue weighted by Crippen LogP contribution is -2.68. The van der Waals surface area contributed by atoms with E-state index in [1.165, 1.54) is 25.1 Å². The molecule has 170 valence electrons. The maximum atomic E-state index is 13.3. The molecule has 0 saturated carbocycles. The van der Waals surface area contributed by atoms with E-state index in [-0.39, 0.29) is 11.3 Å². The number of hydrogen-bond acceptors (Lipinski definition) is 9. The van der Waals surface area contributed by atoms with Gasteiger partial charge in [-0.15, -0.1) is 0 Å². The van der Waals surface area contributed by atoms with Gasteiger partial charge in [-0.2, -0.15) is 0 Å². The van der Waals surface area contributed by atoms with Crippen molar-refractivity contribution < 1.29 is 39.9 Å². The Morgan fingerprint density at radius 1 is 1.16 bits per heavy atom. The molecule has 1 amide bonds. The molecule has 0 saturated heterocycles. The van der Waals surface area contributed by atoms with Crippen LogP contribution in [0.1, 0.15) is 28.8 Å². The SMILES string of the molecule is C[C@@H]1c2cccc(O)c2C(=O)C2=C(O)[C@]3(O)C(=O)C(C(N)=O)=C(O)[C@H](N(C)C)[C@@H]3[C@@H](O)[C@@H]21. The number of amides is 1. The third kappa shape index (κ3) is 2.48. The maximum absolute atomic E-state index is 13.3. The Labute approximate surface area is 182 Å². The Morgan fingerprint density at radius 3 is 2.34 bits per heavy atom. The van der Waals surface area contributed by atoms with Gasteiger partial charge in [0.1, 0.15) is 22.8 Å². The van der Waals surface area contributed by atoms with E-state index in [1.54, 1.807) is 19.1 Å². The number of fused-ring (bicyclic) bond motifs is 3. The molecule has 6 atom stereocenters. The monoisotopic (exact) mass is 444 g/mol. The van der Waals surface area contributed by atoms with Crippen LogP contribution in [0.5, 0.6) is 5.75 Å². The number of carbonyl (C=O) groups is 3. The predicted octanol–water partition coefficient (Wildman–Crippen LogP) is -0.348. The number of hydrogen-bond donors (Lipinski definition) is 6. The van der Waals surface area contributed by atoms with Crippen LogP contribution in [0.2, 0.25) is 0 Å². The quantitative estimate of drug-likeness (QED) is 0.332. The summed E-state index contributed by atoms with van der Waals surface area (Å²) in [6.07, 6.45) is -1.59. The van der Waals surface area contributed by atoms with Crippen LogP contribution in [0.3, 0.4) is 0 Å². The van der Waals surface area contributed by atoms with Crippen LogP contribution >= 0.6 is 0 Å². The molecule has 10 heteroatoms. The lowest BCUT2D eigenvalue weighted by Gasteiger charge is -2.53. The van der Waals surface area contributed by atoms with Crippen LogP contribution < -0.4 is 5.73 Å². The molecule has 0 spiro atoms. The summed E-state index contributed by atoms with van der Waals surface area (Å²) in [5, 5.41) is 55.0. The van der Waals surface area contributed by atoms with Crippen molar-refractivity contribution >= 4 is 17.5 Å². The van der Waals surface area contributed by atoms with Gasteiger partial charge in [0.05, 0.1) is 23.6 Å². The van der Waals surface area contributed by atoms with E-state index in [1.807, 2.05) is 0 Å². The highest BCUT2D eigenvalue weighted by Gasteiger charge is 2.67. The van der Waals surface area contributed by atoms with Gasteiger partial charge in [0.15, 0.2) is 11.4 Å². The highest BCUT2D eigenvalue weighted by molar-refractivity contribution is 6.25. The van der Waals surface area contributed by atoms with Crippen LogP contribution in [-0.2, 0) is 9.59 Å². The number of nitrogens with zero attached hydrogens (tertiary/aromatic N) is 1. The van der Waals surface area contributed by atoms with Crippen LogP contribution in [0.4, 0.5) is 0 Å². The Balaban J connectivity index is 2.06. The van der Waals surface area contributed by atoms with Crippen molar-refractivity contribution in [3.8, 4) is 5.75 Å². The number of phenolic OH excluding ortho intramolecular Hbond substituents is 1. The van der Waals surface area contributed by atoms with Gasteiger partial charge < -0.3 is 31.3 Å². The minimum atomic E-state index is -2.89. The predicted molar refractivity (Wildman–Crippen MR) is 110 cm³/mol.